The molecule has 136 valence electrons. The third kappa shape index (κ3) is 3.40. The second-order valence-corrected chi connectivity index (χ2v) is 8.32. The van der Waals surface area contributed by atoms with Gasteiger partial charge in [0, 0.05) is 5.38 Å². The summed E-state index contributed by atoms with van der Waals surface area (Å²) in [6.07, 6.45) is 0.320. The normalized spacial score (nSPS) is 11.1. The Morgan fingerprint density at radius 1 is 0.929 bits per heavy atom. The van der Waals surface area contributed by atoms with E-state index < -0.39 is 0 Å². The van der Waals surface area contributed by atoms with Crippen LogP contribution in [0, 0.1) is 0 Å². The Morgan fingerprint density at radius 3 is 2.64 bits per heavy atom. The molecule has 0 spiro atoms. The SMILES string of the molecule is O=C(Cc1ccc2ccccc2c1)Nc1nc(-c2nc3ccccc3s2)cs1. The maximum atomic E-state index is 12.4. The van der Waals surface area contributed by atoms with E-state index >= 15 is 0 Å². The fourth-order valence-corrected chi connectivity index (χ4v) is 4.82. The standard InChI is InChI=1S/C22H15N3OS2/c26-20(12-14-9-10-15-5-1-2-6-16(15)11-14)25-22-24-18(13-27-22)21-23-17-7-3-4-8-19(17)28-21/h1-11,13H,12H2,(H,24,25,26). The molecular formula is C22H15N3OS2. The third-order valence-electron chi connectivity index (χ3n) is 4.44. The number of rotatable bonds is 4. The molecule has 3 aromatic carbocycles. The fraction of sp³-hybridized carbons (Fsp3) is 0.0455. The van der Waals surface area contributed by atoms with E-state index in [1.165, 1.54) is 16.7 Å². The predicted octanol–water partition coefficient (Wildman–Crippen LogP) is 5.75. The van der Waals surface area contributed by atoms with Crippen molar-refractivity contribution >= 4 is 54.7 Å². The van der Waals surface area contributed by atoms with Gasteiger partial charge in [-0.3, -0.25) is 4.79 Å². The van der Waals surface area contributed by atoms with Crippen LogP contribution >= 0.6 is 22.7 Å². The van der Waals surface area contributed by atoms with Crippen LogP contribution in [0.2, 0.25) is 0 Å². The molecule has 0 saturated carbocycles. The van der Waals surface area contributed by atoms with Crippen LogP contribution in [0.1, 0.15) is 5.56 Å². The number of hydrogen-bond donors (Lipinski definition) is 1. The number of nitrogens with zero attached hydrogens (tertiary/aromatic N) is 2. The van der Waals surface area contributed by atoms with E-state index in [0.29, 0.717) is 11.6 Å². The van der Waals surface area contributed by atoms with Gasteiger partial charge in [-0.05, 0) is 28.5 Å². The monoisotopic (exact) mass is 401 g/mol. The van der Waals surface area contributed by atoms with Crippen LogP contribution in [0.25, 0.3) is 31.7 Å². The molecule has 5 rings (SSSR count). The number of para-hydroxylation sites is 1. The largest absolute Gasteiger partial charge is 0.302 e. The number of hydrogen-bond acceptors (Lipinski definition) is 5. The van der Waals surface area contributed by atoms with Crippen molar-refractivity contribution in [3.8, 4) is 10.7 Å². The average molecular weight is 402 g/mol. The number of thiazole rings is 2. The smallest absolute Gasteiger partial charge is 0.230 e. The highest BCUT2D eigenvalue weighted by molar-refractivity contribution is 7.22. The Bertz CT molecular complexity index is 1270. The van der Waals surface area contributed by atoms with Crippen molar-refractivity contribution < 1.29 is 4.79 Å². The Hall–Kier alpha value is -3.09. The first-order chi connectivity index (χ1) is 13.7. The van der Waals surface area contributed by atoms with Crippen molar-refractivity contribution in [1.29, 1.82) is 0 Å². The number of carbonyl (C=O) groups excluding carboxylic acids is 1. The van der Waals surface area contributed by atoms with Crippen molar-refractivity contribution in [1.82, 2.24) is 9.97 Å². The minimum atomic E-state index is -0.0690. The number of nitrogens with one attached hydrogen (secondary N) is 1. The van der Waals surface area contributed by atoms with Gasteiger partial charge in [0.15, 0.2) is 5.13 Å². The van der Waals surface area contributed by atoms with Gasteiger partial charge in [0.25, 0.3) is 0 Å². The van der Waals surface area contributed by atoms with E-state index in [0.717, 1.165) is 31.9 Å². The number of benzene rings is 3. The fourth-order valence-electron chi connectivity index (χ4n) is 3.11. The van der Waals surface area contributed by atoms with Crippen LogP contribution in [-0.4, -0.2) is 15.9 Å². The van der Waals surface area contributed by atoms with Crippen LogP contribution in [-0.2, 0) is 11.2 Å². The highest BCUT2D eigenvalue weighted by Gasteiger charge is 2.12. The molecule has 1 amide bonds. The first kappa shape index (κ1) is 17.0. The molecule has 6 heteroatoms. The zero-order valence-corrected chi connectivity index (χ0v) is 16.4. The molecule has 0 fully saturated rings. The van der Waals surface area contributed by atoms with Gasteiger partial charge in [0.1, 0.15) is 10.7 Å². The van der Waals surface area contributed by atoms with Crippen molar-refractivity contribution in [3.05, 3.63) is 77.7 Å². The number of fused-ring (bicyclic) bond motifs is 2. The van der Waals surface area contributed by atoms with Crippen LogP contribution < -0.4 is 5.32 Å². The predicted molar refractivity (Wildman–Crippen MR) is 117 cm³/mol. The van der Waals surface area contributed by atoms with Gasteiger partial charge < -0.3 is 5.32 Å². The minimum Gasteiger partial charge on any atom is -0.302 e. The maximum Gasteiger partial charge on any atom is 0.230 e. The molecule has 0 aliphatic carbocycles. The molecule has 2 aromatic heterocycles. The van der Waals surface area contributed by atoms with Crippen molar-refractivity contribution in [2.75, 3.05) is 5.32 Å². The molecule has 5 aromatic rings. The van der Waals surface area contributed by atoms with Gasteiger partial charge in [-0.2, -0.15) is 0 Å². The quantitative estimate of drug-likeness (QED) is 0.417. The lowest BCUT2D eigenvalue weighted by molar-refractivity contribution is -0.115. The Balaban J connectivity index is 1.31. The van der Waals surface area contributed by atoms with E-state index in [-0.39, 0.29) is 5.91 Å². The van der Waals surface area contributed by atoms with E-state index in [4.69, 9.17) is 0 Å². The van der Waals surface area contributed by atoms with Gasteiger partial charge in [-0.25, -0.2) is 9.97 Å². The van der Waals surface area contributed by atoms with Crippen LogP contribution in [0.5, 0.6) is 0 Å². The summed E-state index contributed by atoms with van der Waals surface area (Å²) in [7, 11) is 0. The highest BCUT2D eigenvalue weighted by atomic mass is 32.1. The van der Waals surface area contributed by atoms with E-state index in [2.05, 4.69) is 39.6 Å². The molecule has 0 radical (unpaired) electrons. The first-order valence-electron chi connectivity index (χ1n) is 8.84. The van der Waals surface area contributed by atoms with E-state index in [1.54, 1.807) is 11.3 Å². The lowest BCUT2D eigenvalue weighted by Gasteiger charge is -2.04. The second kappa shape index (κ2) is 7.14. The lowest BCUT2D eigenvalue weighted by atomic mass is 10.1. The van der Waals surface area contributed by atoms with Crippen LogP contribution in [0.3, 0.4) is 0 Å². The minimum absolute atomic E-state index is 0.0690. The van der Waals surface area contributed by atoms with Crippen molar-refractivity contribution in [3.63, 3.8) is 0 Å². The average Bonchev–Trinajstić information content (AvgIpc) is 3.34. The summed E-state index contributed by atoms with van der Waals surface area (Å²) in [6, 6.07) is 22.3. The molecule has 28 heavy (non-hydrogen) atoms. The summed E-state index contributed by atoms with van der Waals surface area (Å²) < 4.78 is 1.13. The van der Waals surface area contributed by atoms with E-state index in [1.807, 2.05) is 47.8 Å². The van der Waals surface area contributed by atoms with Crippen LogP contribution in [0.15, 0.2) is 72.1 Å². The summed E-state index contributed by atoms with van der Waals surface area (Å²) in [4.78, 5) is 21.6. The van der Waals surface area contributed by atoms with Gasteiger partial charge in [-0.1, -0.05) is 54.6 Å². The van der Waals surface area contributed by atoms with E-state index in [9.17, 15) is 4.79 Å². The molecule has 0 aliphatic heterocycles. The topological polar surface area (TPSA) is 54.9 Å². The molecule has 4 nitrogen and oxygen atoms in total. The Kier molecular flexibility index (Phi) is 4.35. The molecule has 0 atom stereocenters. The van der Waals surface area contributed by atoms with Gasteiger partial charge >= 0.3 is 0 Å². The number of amides is 1. The second-order valence-electron chi connectivity index (χ2n) is 6.43. The summed E-state index contributed by atoms with van der Waals surface area (Å²) in [5.74, 6) is -0.0690. The van der Waals surface area contributed by atoms with Crippen molar-refractivity contribution in [2.45, 2.75) is 6.42 Å². The molecule has 0 unspecified atom stereocenters. The molecule has 2 heterocycles. The summed E-state index contributed by atoms with van der Waals surface area (Å²) in [5.41, 5.74) is 2.75. The Labute approximate surface area is 169 Å². The summed E-state index contributed by atoms with van der Waals surface area (Å²) >= 11 is 3.03. The number of aromatic nitrogens is 2. The first-order valence-corrected chi connectivity index (χ1v) is 10.5. The summed E-state index contributed by atoms with van der Waals surface area (Å²) in [5, 5.41) is 8.62. The molecule has 1 N–H and O–H groups in total. The third-order valence-corrected chi connectivity index (χ3v) is 6.26. The molecule has 0 saturated heterocycles. The molecule has 0 bridgehead atoms. The van der Waals surface area contributed by atoms with Crippen LogP contribution in [0.4, 0.5) is 5.13 Å². The zero-order valence-electron chi connectivity index (χ0n) is 14.8. The zero-order chi connectivity index (χ0) is 18.9. The maximum absolute atomic E-state index is 12.4. The van der Waals surface area contributed by atoms with Gasteiger partial charge in [0.05, 0.1) is 16.6 Å². The van der Waals surface area contributed by atoms with Gasteiger partial charge in [-0.15, -0.1) is 22.7 Å². The lowest BCUT2D eigenvalue weighted by Crippen LogP contribution is -2.14. The van der Waals surface area contributed by atoms with Gasteiger partial charge in [0.2, 0.25) is 5.91 Å². The van der Waals surface area contributed by atoms with Crippen molar-refractivity contribution in [2.24, 2.45) is 0 Å². The summed E-state index contributed by atoms with van der Waals surface area (Å²) in [6.45, 7) is 0. The number of carbonyl (C=O) groups is 1. The highest BCUT2D eigenvalue weighted by Crippen LogP contribution is 2.32. The Morgan fingerprint density at radius 2 is 1.75 bits per heavy atom. The number of anilines is 1. The molecular weight excluding hydrogens is 386 g/mol. The molecule has 0 aliphatic rings.